The molecular weight excluding hydrogens is 206 g/mol. The van der Waals surface area contributed by atoms with Gasteiger partial charge in [0, 0.05) is 11.1 Å². The molecule has 0 saturated heterocycles. The van der Waals surface area contributed by atoms with E-state index in [0.29, 0.717) is 6.04 Å². The Hall–Kier alpha value is -0.790. The zero-order valence-electron chi connectivity index (χ0n) is 9.17. The normalized spacial score (nSPS) is 12.4. The molecule has 0 spiro atoms. The molecule has 0 saturated carbocycles. The van der Waals surface area contributed by atoms with E-state index in [9.17, 15) is 0 Å². The maximum absolute atomic E-state index is 5.84. The van der Waals surface area contributed by atoms with E-state index in [0.717, 1.165) is 24.4 Å². The zero-order valence-corrected chi connectivity index (χ0v) is 9.93. The summed E-state index contributed by atoms with van der Waals surface area (Å²) < 4.78 is 0. The Morgan fingerprint density at radius 3 is 2.60 bits per heavy atom. The fourth-order valence-corrected chi connectivity index (χ4v) is 1.76. The highest BCUT2D eigenvalue weighted by molar-refractivity contribution is 6.30. The van der Waals surface area contributed by atoms with E-state index in [1.807, 2.05) is 18.2 Å². The summed E-state index contributed by atoms with van der Waals surface area (Å²) in [6, 6.07) is 8.52. The molecule has 0 radical (unpaired) electrons. The van der Waals surface area contributed by atoms with E-state index < -0.39 is 0 Å². The topological polar surface area (TPSA) is 12.0 Å². The smallest absolute Gasteiger partial charge is 0.0406 e. The monoisotopic (exact) mass is 223 g/mol. The Balaban J connectivity index is 2.56. The molecular formula is C13H18ClN. The third-order valence-electron chi connectivity index (χ3n) is 2.34. The molecule has 1 rings (SSSR count). The second-order valence-electron chi connectivity index (χ2n) is 3.61. The van der Waals surface area contributed by atoms with E-state index in [2.05, 4.69) is 31.0 Å². The van der Waals surface area contributed by atoms with Crippen LogP contribution in [-0.4, -0.2) is 12.6 Å². The van der Waals surface area contributed by atoms with E-state index in [4.69, 9.17) is 11.6 Å². The minimum atomic E-state index is 0.480. The van der Waals surface area contributed by atoms with Gasteiger partial charge in [-0.15, -0.1) is 6.58 Å². The molecule has 0 amide bonds. The molecule has 1 nitrogen and oxygen atoms in total. The number of likely N-dealkylation sites (N-methyl/N-ethyl adjacent to an activating group) is 1. The van der Waals surface area contributed by atoms with Gasteiger partial charge < -0.3 is 5.32 Å². The van der Waals surface area contributed by atoms with E-state index in [-0.39, 0.29) is 0 Å². The van der Waals surface area contributed by atoms with Crippen molar-refractivity contribution in [1.29, 1.82) is 0 Å². The molecule has 0 aliphatic heterocycles. The number of rotatable bonds is 6. The Kier molecular flexibility index (Phi) is 5.44. The quantitative estimate of drug-likeness (QED) is 0.729. The first-order valence-corrected chi connectivity index (χ1v) is 5.72. The fourth-order valence-electron chi connectivity index (χ4n) is 1.63. The number of benzene rings is 1. The van der Waals surface area contributed by atoms with Crippen molar-refractivity contribution in [2.75, 3.05) is 6.54 Å². The van der Waals surface area contributed by atoms with Crippen LogP contribution in [0.25, 0.3) is 0 Å². The molecule has 1 atom stereocenters. The van der Waals surface area contributed by atoms with Crippen LogP contribution in [0.1, 0.15) is 18.9 Å². The van der Waals surface area contributed by atoms with Crippen LogP contribution in [-0.2, 0) is 6.42 Å². The van der Waals surface area contributed by atoms with E-state index in [1.165, 1.54) is 5.56 Å². The van der Waals surface area contributed by atoms with Crippen molar-refractivity contribution < 1.29 is 0 Å². The highest BCUT2D eigenvalue weighted by Crippen LogP contribution is 2.12. The SMILES string of the molecule is C=CCC(Cc1ccc(Cl)cc1)NCC. The first kappa shape index (κ1) is 12.3. The lowest BCUT2D eigenvalue weighted by Crippen LogP contribution is -2.30. The molecule has 15 heavy (non-hydrogen) atoms. The lowest BCUT2D eigenvalue weighted by molar-refractivity contribution is 0.530. The predicted molar refractivity (Wildman–Crippen MR) is 67.4 cm³/mol. The van der Waals surface area contributed by atoms with Crippen molar-refractivity contribution >= 4 is 11.6 Å². The van der Waals surface area contributed by atoms with Gasteiger partial charge in [0.15, 0.2) is 0 Å². The molecule has 1 aromatic rings. The van der Waals surface area contributed by atoms with Crippen molar-refractivity contribution in [2.45, 2.75) is 25.8 Å². The van der Waals surface area contributed by atoms with Crippen LogP contribution in [0.15, 0.2) is 36.9 Å². The summed E-state index contributed by atoms with van der Waals surface area (Å²) in [5, 5.41) is 4.24. The van der Waals surface area contributed by atoms with Gasteiger partial charge in [-0.3, -0.25) is 0 Å². The fraction of sp³-hybridized carbons (Fsp3) is 0.385. The van der Waals surface area contributed by atoms with Gasteiger partial charge in [0.1, 0.15) is 0 Å². The summed E-state index contributed by atoms with van der Waals surface area (Å²) in [7, 11) is 0. The first-order chi connectivity index (χ1) is 7.26. The van der Waals surface area contributed by atoms with Crippen molar-refractivity contribution in [3.05, 3.63) is 47.5 Å². The van der Waals surface area contributed by atoms with Crippen molar-refractivity contribution in [3.8, 4) is 0 Å². The number of hydrogen-bond donors (Lipinski definition) is 1. The summed E-state index contributed by atoms with van der Waals surface area (Å²) in [5.74, 6) is 0. The zero-order chi connectivity index (χ0) is 11.1. The molecule has 0 aliphatic rings. The van der Waals surface area contributed by atoms with Crippen molar-refractivity contribution in [2.24, 2.45) is 0 Å². The Morgan fingerprint density at radius 2 is 2.07 bits per heavy atom. The molecule has 0 heterocycles. The van der Waals surface area contributed by atoms with Crippen molar-refractivity contribution in [1.82, 2.24) is 5.32 Å². The molecule has 0 aliphatic carbocycles. The van der Waals surface area contributed by atoms with Gasteiger partial charge in [0.2, 0.25) is 0 Å². The lowest BCUT2D eigenvalue weighted by atomic mass is 10.0. The van der Waals surface area contributed by atoms with Gasteiger partial charge in [0.05, 0.1) is 0 Å². The Labute approximate surface area is 97.1 Å². The van der Waals surface area contributed by atoms with Crippen LogP contribution in [0.4, 0.5) is 0 Å². The standard InChI is InChI=1S/C13H18ClN/c1-3-5-13(15-4-2)10-11-6-8-12(14)9-7-11/h3,6-9,13,15H,1,4-5,10H2,2H3. The molecule has 82 valence electrons. The highest BCUT2D eigenvalue weighted by atomic mass is 35.5. The molecule has 1 unspecified atom stereocenters. The molecule has 1 N–H and O–H groups in total. The van der Waals surface area contributed by atoms with Gasteiger partial charge in [-0.05, 0) is 37.1 Å². The molecule has 1 aromatic carbocycles. The van der Waals surface area contributed by atoms with Gasteiger partial charge in [0.25, 0.3) is 0 Å². The van der Waals surface area contributed by atoms with Crippen LogP contribution in [0.5, 0.6) is 0 Å². The highest BCUT2D eigenvalue weighted by Gasteiger charge is 2.05. The van der Waals surface area contributed by atoms with E-state index in [1.54, 1.807) is 0 Å². The summed E-state index contributed by atoms with van der Waals surface area (Å²) in [4.78, 5) is 0. The van der Waals surface area contributed by atoms with Crippen LogP contribution in [0.3, 0.4) is 0 Å². The lowest BCUT2D eigenvalue weighted by Gasteiger charge is -2.15. The second-order valence-corrected chi connectivity index (χ2v) is 4.05. The molecule has 2 heteroatoms. The molecule has 0 bridgehead atoms. The number of nitrogens with one attached hydrogen (secondary N) is 1. The number of hydrogen-bond acceptors (Lipinski definition) is 1. The molecule has 0 fully saturated rings. The van der Waals surface area contributed by atoms with Crippen LogP contribution >= 0.6 is 11.6 Å². The van der Waals surface area contributed by atoms with Gasteiger partial charge in [-0.25, -0.2) is 0 Å². The summed E-state index contributed by atoms with van der Waals surface area (Å²) >= 11 is 5.84. The summed E-state index contributed by atoms with van der Waals surface area (Å²) in [6.45, 7) is 6.89. The van der Waals surface area contributed by atoms with Gasteiger partial charge >= 0.3 is 0 Å². The average molecular weight is 224 g/mol. The molecule has 0 aromatic heterocycles. The average Bonchev–Trinajstić information content (AvgIpc) is 2.22. The van der Waals surface area contributed by atoms with Crippen molar-refractivity contribution in [3.63, 3.8) is 0 Å². The largest absolute Gasteiger partial charge is 0.314 e. The summed E-state index contributed by atoms with van der Waals surface area (Å²) in [5.41, 5.74) is 1.31. The number of halogens is 1. The summed E-state index contributed by atoms with van der Waals surface area (Å²) in [6.07, 6.45) is 3.98. The van der Waals surface area contributed by atoms with Gasteiger partial charge in [-0.2, -0.15) is 0 Å². The maximum Gasteiger partial charge on any atom is 0.0406 e. The minimum Gasteiger partial charge on any atom is -0.314 e. The maximum atomic E-state index is 5.84. The predicted octanol–water partition coefficient (Wildman–Crippen LogP) is 3.44. The Bertz CT molecular complexity index is 292. The third-order valence-corrected chi connectivity index (χ3v) is 2.59. The minimum absolute atomic E-state index is 0.480. The van der Waals surface area contributed by atoms with E-state index >= 15 is 0 Å². The Morgan fingerprint density at radius 1 is 1.40 bits per heavy atom. The van der Waals surface area contributed by atoms with Gasteiger partial charge in [-0.1, -0.05) is 36.7 Å². The van der Waals surface area contributed by atoms with Crippen LogP contribution in [0, 0.1) is 0 Å². The van der Waals surface area contributed by atoms with Crippen LogP contribution in [0.2, 0.25) is 5.02 Å². The first-order valence-electron chi connectivity index (χ1n) is 5.35. The second kappa shape index (κ2) is 6.65. The third kappa shape index (κ3) is 4.50. The van der Waals surface area contributed by atoms with Crippen LogP contribution < -0.4 is 5.32 Å².